The molecule has 0 fully saturated rings. The van der Waals surface area contributed by atoms with Gasteiger partial charge in [0, 0.05) is 59.2 Å². The fourth-order valence-electron chi connectivity index (χ4n) is 5.76. The molecule has 0 spiro atoms. The third-order valence-electron chi connectivity index (χ3n) is 8.26. The summed E-state index contributed by atoms with van der Waals surface area (Å²) in [6.07, 6.45) is 7.50. The van der Waals surface area contributed by atoms with Crippen molar-refractivity contribution in [3.63, 3.8) is 0 Å². The van der Waals surface area contributed by atoms with E-state index in [2.05, 4.69) is 58.3 Å². The Hall–Kier alpha value is -0.400. The number of aliphatic hydroxyl groups is 4. The molecule has 0 bridgehead atoms. The zero-order valence-electron chi connectivity index (χ0n) is 31.7. The minimum atomic E-state index is -0.622. The summed E-state index contributed by atoms with van der Waals surface area (Å²) in [5.41, 5.74) is -0.00173. The van der Waals surface area contributed by atoms with Gasteiger partial charge in [0.1, 0.15) is 0 Å². The van der Waals surface area contributed by atoms with Crippen LogP contribution in [-0.4, -0.2) is 147 Å². The van der Waals surface area contributed by atoms with E-state index >= 15 is 0 Å². The van der Waals surface area contributed by atoms with Crippen LogP contribution in [0.4, 0.5) is 0 Å². The van der Waals surface area contributed by atoms with Crippen LogP contribution in [0.5, 0.6) is 0 Å². The highest BCUT2D eigenvalue weighted by atomic mass is 16.5. The normalized spacial score (nSPS) is 15.8. The average molecular weight is 679 g/mol. The van der Waals surface area contributed by atoms with Crippen molar-refractivity contribution in [2.75, 3.05) is 92.1 Å². The quantitative estimate of drug-likeness (QED) is 0.0699. The van der Waals surface area contributed by atoms with Gasteiger partial charge in [0.05, 0.1) is 50.8 Å². The van der Waals surface area contributed by atoms with Crippen LogP contribution in [0.25, 0.3) is 0 Å². The van der Waals surface area contributed by atoms with Gasteiger partial charge in [0.15, 0.2) is 0 Å². The van der Waals surface area contributed by atoms with Crippen molar-refractivity contribution in [2.24, 2.45) is 11.3 Å². The molecule has 0 rings (SSSR count). The van der Waals surface area contributed by atoms with Crippen LogP contribution < -0.4 is 0 Å². The van der Waals surface area contributed by atoms with E-state index in [9.17, 15) is 20.4 Å². The molecule has 0 aromatic rings. The van der Waals surface area contributed by atoms with Gasteiger partial charge < -0.3 is 39.4 Å². The Bertz CT molecular complexity index is 634. The molecule has 284 valence electrons. The van der Waals surface area contributed by atoms with Crippen LogP contribution in [0.2, 0.25) is 0 Å². The fourth-order valence-corrected chi connectivity index (χ4v) is 5.76. The minimum Gasteiger partial charge on any atom is -0.389 e. The highest BCUT2D eigenvalue weighted by Crippen LogP contribution is 2.30. The second kappa shape index (κ2) is 30.4. The molecule has 10 nitrogen and oxygen atoms in total. The topological polar surface area (TPSA) is 124 Å². The van der Waals surface area contributed by atoms with E-state index in [-0.39, 0.29) is 5.41 Å². The predicted molar refractivity (Wildman–Crippen MR) is 192 cm³/mol. The fraction of sp³-hybridized carbons (Fsp3) is 1.00. The summed E-state index contributed by atoms with van der Waals surface area (Å²) in [6.45, 7) is 22.2. The van der Waals surface area contributed by atoms with Crippen molar-refractivity contribution in [3.8, 4) is 0 Å². The van der Waals surface area contributed by atoms with E-state index in [0.29, 0.717) is 85.0 Å². The van der Waals surface area contributed by atoms with Gasteiger partial charge in [-0.05, 0) is 56.4 Å². The summed E-state index contributed by atoms with van der Waals surface area (Å²) >= 11 is 0. The zero-order valence-corrected chi connectivity index (χ0v) is 31.7. The summed E-state index contributed by atoms with van der Waals surface area (Å²) in [5.74, 6) is 0.315. The van der Waals surface area contributed by atoms with Gasteiger partial charge in [0.2, 0.25) is 0 Å². The molecular weight excluding hydrogens is 600 g/mol. The standard InChI is InChI=1S/C37H78N2O8/c1-8-12-18-44-28-33(40)24-38(25-34(41)29-45-19-13-9-2)17-16-37(6,7)22-32(5)23-39(26-35(42)30-46-20-14-10-3)27-36(43)31-47-21-15-11-4/h32-36,40-43H,8-31H2,1-7H3. The van der Waals surface area contributed by atoms with Crippen molar-refractivity contribution in [1.82, 2.24) is 9.80 Å². The van der Waals surface area contributed by atoms with Gasteiger partial charge in [-0.2, -0.15) is 0 Å². The van der Waals surface area contributed by atoms with Gasteiger partial charge >= 0.3 is 0 Å². The van der Waals surface area contributed by atoms with E-state index in [1.54, 1.807) is 0 Å². The first-order valence-corrected chi connectivity index (χ1v) is 18.9. The molecule has 4 N–H and O–H groups in total. The molecule has 0 radical (unpaired) electrons. The first kappa shape index (κ1) is 46.6. The Morgan fingerprint density at radius 3 is 1.15 bits per heavy atom. The molecule has 10 heteroatoms. The molecular formula is C37H78N2O8. The molecule has 0 aliphatic carbocycles. The summed E-state index contributed by atoms with van der Waals surface area (Å²) < 4.78 is 22.7. The van der Waals surface area contributed by atoms with Gasteiger partial charge in [-0.25, -0.2) is 0 Å². The Morgan fingerprint density at radius 2 is 0.830 bits per heavy atom. The number of aliphatic hydroxyl groups excluding tert-OH is 4. The average Bonchev–Trinajstić information content (AvgIpc) is 3.00. The van der Waals surface area contributed by atoms with Crippen LogP contribution >= 0.6 is 0 Å². The van der Waals surface area contributed by atoms with E-state index in [1.165, 1.54) is 0 Å². The summed E-state index contributed by atoms with van der Waals surface area (Å²) in [6, 6.07) is 0. The minimum absolute atomic E-state index is 0.00173. The molecule has 5 unspecified atom stereocenters. The molecule has 0 aliphatic heterocycles. The smallest absolute Gasteiger partial charge is 0.0900 e. The third kappa shape index (κ3) is 29.1. The second-order valence-corrected chi connectivity index (χ2v) is 14.5. The summed E-state index contributed by atoms with van der Waals surface area (Å²) in [4.78, 5) is 4.29. The van der Waals surface area contributed by atoms with Gasteiger partial charge in [0.25, 0.3) is 0 Å². The van der Waals surface area contributed by atoms with Gasteiger partial charge in [-0.15, -0.1) is 0 Å². The first-order chi connectivity index (χ1) is 22.5. The lowest BCUT2D eigenvalue weighted by Gasteiger charge is -2.35. The molecule has 0 aromatic carbocycles. The van der Waals surface area contributed by atoms with Gasteiger partial charge in [-0.3, -0.25) is 9.80 Å². The predicted octanol–water partition coefficient (Wildman–Crippen LogP) is 4.74. The highest BCUT2D eigenvalue weighted by Gasteiger charge is 2.26. The molecule has 0 amide bonds. The molecule has 0 saturated heterocycles. The van der Waals surface area contributed by atoms with Crippen LogP contribution in [0.3, 0.4) is 0 Å². The van der Waals surface area contributed by atoms with Crippen molar-refractivity contribution in [2.45, 2.75) is 137 Å². The number of hydrogen-bond donors (Lipinski definition) is 4. The maximum Gasteiger partial charge on any atom is 0.0900 e. The Morgan fingerprint density at radius 1 is 0.511 bits per heavy atom. The lowest BCUT2D eigenvalue weighted by molar-refractivity contribution is -0.0169. The third-order valence-corrected chi connectivity index (χ3v) is 8.26. The Kier molecular flexibility index (Phi) is 30.2. The van der Waals surface area contributed by atoms with E-state index in [0.717, 1.165) is 77.3 Å². The van der Waals surface area contributed by atoms with Crippen molar-refractivity contribution < 1.29 is 39.4 Å². The largest absolute Gasteiger partial charge is 0.389 e. The zero-order chi connectivity index (χ0) is 35.3. The highest BCUT2D eigenvalue weighted by molar-refractivity contribution is 4.79. The van der Waals surface area contributed by atoms with E-state index in [1.807, 2.05) is 0 Å². The lowest BCUT2D eigenvalue weighted by Crippen LogP contribution is -2.44. The van der Waals surface area contributed by atoms with Crippen molar-refractivity contribution in [1.29, 1.82) is 0 Å². The first-order valence-electron chi connectivity index (χ1n) is 18.9. The summed E-state index contributed by atoms with van der Waals surface area (Å²) in [5, 5.41) is 42.9. The molecule has 0 saturated carbocycles. The molecule has 5 atom stereocenters. The molecule has 0 aliphatic rings. The number of unbranched alkanes of at least 4 members (excludes halogenated alkanes) is 4. The van der Waals surface area contributed by atoms with Crippen molar-refractivity contribution in [3.05, 3.63) is 0 Å². The summed E-state index contributed by atoms with van der Waals surface area (Å²) in [7, 11) is 0. The maximum atomic E-state index is 10.7. The van der Waals surface area contributed by atoms with E-state index in [4.69, 9.17) is 18.9 Å². The molecule has 47 heavy (non-hydrogen) atoms. The lowest BCUT2D eigenvalue weighted by atomic mass is 9.80. The number of hydrogen-bond acceptors (Lipinski definition) is 10. The number of rotatable bonds is 35. The van der Waals surface area contributed by atoms with Gasteiger partial charge in [-0.1, -0.05) is 74.1 Å². The number of nitrogens with zero attached hydrogens (tertiary/aromatic N) is 2. The van der Waals surface area contributed by atoms with Crippen LogP contribution in [0.15, 0.2) is 0 Å². The van der Waals surface area contributed by atoms with E-state index < -0.39 is 24.4 Å². The van der Waals surface area contributed by atoms with Crippen LogP contribution in [-0.2, 0) is 18.9 Å². The number of ether oxygens (including phenoxy) is 4. The van der Waals surface area contributed by atoms with Crippen molar-refractivity contribution >= 4 is 0 Å². The second-order valence-electron chi connectivity index (χ2n) is 14.5. The maximum absolute atomic E-state index is 10.7. The Balaban J connectivity index is 5.22. The molecule has 0 aromatic heterocycles. The Labute approximate surface area is 289 Å². The molecule has 0 heterocycles. The van der Waals surface area contributed by atoms with Crippen LogP contribution in [0, 0.1) is 11.3 Å². The SMILES string of the molecule is CCCCOCC(O)CN(CCC(C)(C)CC(C)CN(CC(O)COCCCC)CC(O)COCCCC)CC(O)COCCCC. The van der Waals surface area contributed by atoms with Crippen LogP contribution in [0.1, 0.15) is 113 Å². The monoisotopic (exact) mass is 679 g/mol.